The van der Waals surface area contributed by atoms with E-state index in [0.717, 1.165) is 6.54 Å². The van der Waals surface area contributed by atoms with Gasteiger partial charge in [-0.1, -0.05) is 30.3 Å². The maximum absolute atomic E-state index is 5.97. The minimum Gasteiger partial charge on any atom is -0.306 e. The van der Waals surface area contributed by atoms with Crippen LogP contribution in [0.3, 0.4) is 0 Å². The standard InChI is InChI=1S/C11H16BCl2N/c1-11(2,3)15(12(13)14)9-10-7-5-4-6-8-10/h4-8H,9H2,1-3H3. The zero-order chi connectivity index (χ0) is 11.5. The summed E-state index contributed by atoms with van der Waals surface area (Å²) in [5.41, 5.74) is 0.702. The van der Waals surface area contributed by atoms with Crippen molar-refractivity contribution < 1.29 is 0 Å². The van der Waals surface area contributed by atoms with Crippen LogP contribution in [0.2, 0.25) is 0 Å². The Morgan fingerprint density at radius 2 is 1.67 bits per heavy atom. The molecule has 0 bridgehead atoms. The summed E-state index contributed by atoms with van der Waals surface area (Å²) >= 11 is 11.9. The van der Waals surface area contributed by atoms with E-state index in [0.29, 0.717) is 0 Å². The van der Waals surface area contributed by atoms with Crippen LogP contribution in [0, 0.1) is 0 Å². The SMILES string of the molecule is CC(C)(C)N(Cc1ccccc1)B(Cl)Cl. The molecule has 0 aliphatic carbocycles. The van der Waals surface area contributed by atoms with Crippen LogP contribution in [0.5, 0.6) is 0 Å². The van der Waals surface area contributed by atoms with Crippen LogP contribution >= 0.6 is 22.9 Å². The lowest BCUT2D eigenvalue weighted by Crippen LogP contribution is -2.45. The Labute approximate surface area is 102 Å². The van der Waals surface area contributed by atoms with Gasteiger partial charge in [0.15, 0.2) is 0 Å². The molecule has 1 nitrogen and oxygen atoms in total. The van der Waals surface area contributed by atoms with Crippen molar-refractivity contribution >= 4 is 28.6 Å². The van der Waals surface area contributed by atoms with Gasteiger partial charge in [-0.3, -0.25) is 0 Å². The van der Waals surface area contributed by atoms with Gasteiger partial charge in [-0.05, 0) is 26.3 Å². The number of hydrogen-bond donors (Lipinski definition) is 0. The average Bonchev–Trinajstić information content (AvgIpc) is 2.13. The molecule has 1 aromatic carbocycles. The van der Waals surface area contributed by atoms with Crippen molar-refractivity contribution in [3.63, 3.8) is 0 Å². The summed E-state index contributed by atoms with van der Waals surface area (Å²) in [4.78, 5) is 2.05. The monoisotopic (exact) mass is 243 g/mol. The van der Waals surface area contributed by atoms with Crippen molar-refractivity contribution in [3.05, 3.63) is 35.9 Å². The van der Waals surface area contributed by atoms with Gasteiger partial charge in [0.05, 0.1) is 0 Å². The molecule has 15 heavy (non-hydrogen) atoms. The predicted octanol–water partition coefficient (Wildman–Crippen LogP) is 3.75. The zero-order valence-corrected chi connectivity index (χ0v) is 10.9. The summed E-state index contributed by atoms with van der Waals surface area (Å²) in [6, 6.07) is 10.2. The van der Waals surface area contributed by atoms with Gasteiger partial charge in [0.2, 0.25) is 0 Å². The fourth-order valence-electron chi connectivity index (χ4n) is 1.38. The van der Waals surface area contributed by atoms with Gasteiger partial charge in [-0.15, -0.1) is 22.9 Å². The van der Waals surface area contributed by atoms with E-state index in [1.54, 1.807) is 0 Å². The van der Waals surface area contributed by atoms with Crippen molar-refractivity contribution in [2.45, 2.75) is 32.9 Å². The summed E-state index contributed by atoms with van der Waals surface area (Å²) < 4.78 is 0. The third kappa shape index (κ3) is 4.06. The second-order valence-electron chi connectivity index (χ2n) is 4.56. The van der Waals surface area contributed by atoms with Gasteiger partial charge in [0.25, 0.3) is 0 Å². The van der Waals surface area contributed by atoms with E-state index >= 15 is 0 Å². The van der Waals surface area contributed by atoms with Crippen LogP contribution in [0.25, 0.3) is 0 Å². The highest BCUT2D eigenvalue weighted by atomic mass is 35.5. The second kappa shape index (κ2) is 5.24. The maximum Gasteiger partial charge on any atom is 0.435 e. The molecule has 0 fully saturated rings. The minimum absolute atomic E-state index is 0.0377. The Kier molecular flexibility index (Phi) is 4.51. The lowest BCUT2D eigenvalue weighted by Gasteiger charge is -2.35. The predicted molar refractivity (Wildman–Crippen MR) is 69.2 cm³/mol. The molecular weight excluding hydrogens is 228 g/mol. The number of rotatable bonds is 3. The Hall–Kier alpha value is -0.175. The van der Waals surface area contributed by atoms with E-state index in [1.165, 1.54) is 5.56 Å². The summed E-state index contributed by atoms with van der Waals surface area (Å²) in [5, 5.41) is 0. The third-order valence-corrected chi connectivity index (χ3v) is 2.76. The molecule has 0 spiro atoms. The molecule has 0 saturated carbocycles. The lowest BCUT2D eigenvalue weighted by atomic mass is 9.99. The first-order chi connectivity index (χ1) is 6.91. The molecule has 0 aromatic heterocycles. The maximum atomic E-state index is 5.97. The molecule has 1 rings (SSSR count). The molecule has 0 saturated heterocycles. The largest absolute Gasteiger partial charge is 0.435 e. The molecule has 0 amide bonds. The van der Waals surface area contributed by atoms with Crippen molar-refractivity contribution in [3.8, 4) is 0 Å². The van der Waals surface area contributed by atoms with Gasteiger partial charge in [-0.2, -0.15) is 0 Å². The number of hydrogen-bond acceptors (Lipinski definition) is 1. The molecule has 0 atom stereocenters. The van der Waals surface area contributed by atoms with Gasteiger partial charge >= 0.3 is 5.68 Å². The first-order valence-corrected chi connectivity index (χ1v) is 5.87. The quantitative estimate of drug-likeness (QED) is 0.732. The van der Waals surface area contributed by atoms with E-state index in [1.807, 2.05) is 23.0 Å². The highest BCUT2D eigenvalue weighted by Gasteiger charge is 2.29. The average molecular weight is 244 g/mol. The molecular formula is C11H16BCl2N. The molecule has 1 aromatic rings. The van der Waals surface area contributed by atoms with Crippen LogP contribution in [0.15, 0.2) is 30.3 Å². The number of halogens is 2. The van der Waals surface area contributed by atoms with Gasteiger partial charge < -0.3 is 4.81 Å². The molecule has 82 valence electrons. The fourth-order valence-corrected chi connectivity index (χ4v) is 2.10. The van der Waals surface area contributed by atoms with E-state index in [2.05, 4.69) is 32.9 Å². The first-order valence-electron chi connectivity index (χ1n) is 5.00. The number of benzene rings is 1. The van der Waals surface area contributed by atoms with E-state index in [9.17, 15) is 0 Å². The van der Waals surface area contributed by atoms with Crippen LogP contribution in [-0.4, -0.2) is 16.0 Å². The second-order valence-corrected chi connectivity index (χ2v) is 5.61. The molecule has 0 heterocycles. The number of nitrogens with zero attached hydrogens (tertiary/aromatic N) is 1. The molecule has 0 aliphatic heterocycles. The van der Waals surface area contributed by atoms with Crippen LogP contribution < -0.4 is 0 Å². The van der Waals surface area contributed by atoms with Crippen molar-refractivity contribution in [2.24, 2.45) is 0 Å². The highest BCUT2D eigenvalue weighted by Crippen LogP contribution is 2.22. The van der Waals surface area contributed by atoms with Crippen molar-refractivity contribution in [1.82, 2.24) is 4.81 Å². The van der Waals surface area contributed by atoms with Crippen molar-refractivity contribution in [1.29, 1.82) is 0 Å². The minimum atomic E-state index is -0.481. The van der Waals surface area contributed by atoms with Crippen LogP contribution in [0.4, 0.5) is 0 Å². The topological polar surface area (TPSA) is 3.24 Å². The highest BCUT2D eigenvalue weighted by molar-refractivity contribution is 7.32. The summed E-state index contributed by atoms with van der Waals surface area (Å²) in [7, 11) is 0. The molecule has 0 radical (unpaired) electrons. The third-order valence-electron chi connectivity index (χ3n) is 2.29. The lowest BCUT2D eigenvalue weighted by molar-refractivity contribution is 0.249. The molecule has 4 heteroatoms. The smallest absolute Gasteiger partial charge is 0.306 e. The van der Waals surface area contributed by atoms with E-state index in [4.69, 9.17) is 22.9 Å². The normalized spacial score (nSPS) is 11.9. The Balaban J connectivity index is 2.77. The fraction of sp³-hybridized carbons (Fsp3) is 0.455. The van der Waals surface area contributed by atoms with E-state index < -0.39 is 5.68 Å². The van der Waals surface area contributed by atoms with Gasteiger partial charge in [0.1, 0.15) is 0 Å². The Bertz CT molecular complexity index is 295. The Morgan fingerprint density at radius 3 is 2.07 bits per heavy atom. The van der Waals surface area contributed by atoms with Crippen LogP contribution in [-0.2, 0) is 6.54 Å². The summed E-state index contributed by atoms with van der Waals surface area (Å²) in [5.74, 6) is 0. The summed E-state index contributed by atoms with van der Waals surface area (Å²) in [6.45, 7) is 7.08. The zero-order valence-electron chi connectivity index (χ0n) is 9.37. The molecule has 0 aliphatic rings. The van der Waals surface area contributed by atoms with Crippen molar-refractivity contribution in [2.75, 3.05) is 0 Å². The Morgan fingerprint density at radius 1 is 1.13 bits per heavy atom. The van der Waals surface area contributed by atoms with Gasteiger partial charge in [0, 0.05) is 12.1 Å². The first kappa shape index (κ1) is 12.9. The van der Waals surface area contributed by atoms with Gasteiger partial charge in [-0.25, -0.2) is 0 Å². The molecule has 0 N–H and O–H groups in total. The van der Waals surface area contributed by atoms with Crippen LogP contribution in [0.1, 0.15) is 26.3 Å². The van der Waals surface area contributed by atoms with E-state index in [-0.39, 0.29) is 5.54 Å². The molecule has 0 unspecified atom stereocenters. The summed E-state index contributed by atoms with van der Waals surface area (Å²) in [6.07, 6.45) is 0.